The van der Waals surface area contributed by atoms with Gasteiger partial charge in [-0.1, -0.05) is 6.92 Å². The van der Waals surface area contributed by atoms with Crippen molar-refractivity contribution in [1.82, 2.24) is 19.6 Å². The highest BCUT2D eigenvalue weighted by molar-refractivity contribution is 4.96. The van der Waals surface area contributed by atoms with Crippen LogP contribution >= 0.6 is 0 Å². The van der Waals surface area contributed by atoms with Gasteiger partial charge in [0.2, 0.25) is 0 Å². The van der Waals surface area contributed by atoms with E-state index in [-0.39, 0.29) is 11.1 Å². The van der Waals surface area contributed by atoms with Crippen LogP contribution in [0.25, 0.3) is 0 Å². The summed E-state index contributed by atoms with van der Waals surface area (Å²) in [6, 6.07) is 0.986. The van der Waals surface area contributed by atoms with Gasteiger partial charge in [0.05, 0.1) is 0 Å². The standard InChI is InChI=1S/C23H47FN4/c1-18-12-20(16-25(7)8)28(14-18)23(5,6)10-11-26(9)17-21-13-19(24)15-27(21)22(2,3)4/h18-21H,10-17H2,1-9H3/t18-,19+,20+,21+/m0/s1. The van der Waals surface area contributed by atoms with E-state index in [1.807, 2.05) is 0 Å². The summed E-state index contributed by atoms with van der Waals surface area (Å²) in [4.78, 5) is 9.88. The third-order valence-corrected chi connectivity index (χ3v) is 6.83. The van der Waals surface area contributed by atoms with Gasteiger partial charge in [-0.2, -0.15) is 0 Å². The highest BCUT2D eigenvalue weighted by Crippen LogP contribution is 2.33. The summed E-state index contributed by atoms with van der Waals surface area (Å²) in [5, 5.41) is 0. The van der Waals surface area contributed by atoms with Crippen molar-refractivity contribution in [2.24, 2.45) is 5.92 Å². The third-order valence-electron chi connectivity index (χ3n) is 6.83. The van der Waals surface area contributed by atoms with Crippen molar-refractivity contribution in [2.75, 3.05) is 53.9 Å². The average Bonchev–Trinajstić information content (AvgIpc) is 3.07. The second kappa shape index (κ2) is 9.28. The van der Waals surface area contributed by atoms with E-state index in [2.05, 4.69) is 82.3 Å². The Morgan fingerprint density at radius 2 is 1.50 bits per heavy atom. The van der Waals surface area contributed by atoms with Gasteiger partial charge in [-0.15, -0.1) is 0 Å². The van der Waals surface area contributed by atoms with E-state index < -0.39 is 6.17 Å². The highest BCUT2D eigenvalue weighted by atomic mass is 19.1. The molecule has 0 aromatic rings. The summed E-state index contributed by atoms with van der Waals surface area (Å²) in [5.41, 5.74) is 0.235. The quantitative estimate of drug-likeness (QED) is 0.620. The lowest BCUT2D eigenvalue weighted by molar-refractivity contribution is 0.0633. The van der Waals surface area contributed by atoms with Gasteiger partial charge >= 0.3 is 0 Å². The van der Waals surface area contributed by atoms with Crippen molar-refractivity contribution in [3.05, 3.63) is 0 Å². The molecule has 4 atom stereocenters. The Labute approximate surface area is 174 Å². The van der Waals surface area contributed by atoms with Crippen molar-refractivity contribution in [3.8, 4) is 0 Å². The maximum atomic E-state index is 14.1. The molecule has 2 aliphatic rings. The SMILES string of the molecule is C[C@H]1C[C@H](CN(C)C)N(C(C)(C)CCN(C)C[C@H]2C[C@@H](F)CN2C(C)(C)C)C1. The Balaban J connectivity index is 1.91. The molecule has 2 saturated heterocycles. The summed E-state index contributed by atoms with van der Waals surface area (Å²) in [5.74, 6) is 0.780. The van der Waals surface area contributed by atoms with Gasteiger partial charge in [-0.3, -0.25) is 9.80 Å². The fourth-order valence-corrected chi connectivity index (χ4v) is 5.40. The fourth-order valence-electron chi connectivity index (χ4n) is 5.40. The fraction of sp³-hybridized carbons (Fsp3) is 1.00. The molecule has 0 aliphatic carbocycles. The predicted molar refractivity (Wildman–Crippen MR) is 119 cm³/mol. The number of alkyl halides is 1. The average molecular weight is 399 g/mol. The first-order valence-electron chi connectivity index (χ1n) is 11.3. The second-order valence-electron chi connectivity index (χ2n) is 11.5. The lowest BCUT2D eigenvalue weighted by Gasteiger charge is -2.42. The maximum Gasteiger partial charge on any atom is 0.114 e. The maximum absolute atomic E-state index is 14.1. The molecule has 2 aliphatic heterocycles. The summed E-state index contributed by atoms with van der Waals surface area (Å²) in [6.45, 7) is 18.8. The van der Waals surface area contributed by atoms with Crippen LogP contribution in [0.3, 0.4) is 0 Å². The minimum Gasteiger partial charge on any atom is -0.308 e. The molecule has 4 nitrogen and oxygen atoms in total. The summed E-state index contributed by atoms with van der Waals surface area (Å²) >= 11 is 0. The minimum absolute atomic E-state index is 0.0384. The lowest BCUT2D eigenvalue weighted by atomic mass is 9.96. The Kier molecular flexibility index (Phi) is 7.97. The molecule has 0 bridgehead atoms. The number of likely N-dealkylation sites (tertiary alicyclic amines) is 2. The van der Waals surface area contributed by atoms with Gasteiger partial charge in [0, 0.05) is 49.3 Å². The van der Waals surface area contributed by atoms with Gasteiger partial charge in [0.25, 0.3) is 0 Å². The van der Waals surface area contributed by atoms with Crippen LogP contribution in [0.2, 0.25) is 0 Å². The van der Waals surface area contributed by atoms with E-state index in [4.69, 9.17) is 0 Å². The zero-order chi connectivity index (χ0) is 21.3. The van der Waals surface area contributed by atoms with Gasteiger partial charge in [0.1, 0.15) is 6.17 Å². The van der Waals surface area contributed by atoms with Gasteiger partial charge in [0.15, 0.2) is 0 Å². The molecule has 0 unspecified atom stereocenters. The Morgan fingerprint density at radius 3 is 2.07 bits per heavy atom. The molecule has 0 amide bonds. The van der Waals surface area contributed by atoms with Crippen LogP contribution in [0.5, 0.6) is 0 Å². The summed E-state index contributed by atoms with van der Waals surface area (Å²) in [6.07, 6.45) is 2.46. The molecular weight excluding hydrogens is 351 g/mol. The number of nitrogens with zero attached hydrogens (tertiary/aromatic N) is 4. The largest absolute Gasteiger partial charge is 0.308 e. The van der Waals surface area contributed by atoms with Gasteiger partial charge < -0.3 is 9.80 Å². The van der Waals surface area contributed by atoms with Crippen LogP contribution in [-0.4, -0.2) is 103 Å². The van der Waals surface area contributed by atoms with Crippen molar-refractivity contribution in [3.63, 3.8) is 0 Å². The Morgan fingerprint density at radius 1 is 0.893 bits per heavy atom. The van der Waals surface area contributed by atoms with E-state index >= 15 is 0 Å². The van der Waals surface area contributed by atoms with Gasteiger partial charge in [-0.25, -0.2) is 4.39 Å². The molecule has 2 fully saturated rings. The normalized spacial score (nSPS) is 30.9. The minimum atomic E-state index is -0.674. The van der Waals surface area contributed by atoms with Crippen molar-refractivity contribution in [1.29, 1.82) is 0 Å². The Bertz CT molecular complexity index is 487. The number of hydrogen-bond donors (Lipinski definition) is 0. The monoisotopic (exact) mass is 398 g/mol. The second-order valence-corrected chi connectivity index (χ2v) is 11.5. The molecule has 5 heteroatoms. The van der Waals surface area contributed by atoms with Crippen LogP contribution in [0.15, 0.2) is 0 Å². The smallest absolute Gasteiger partial charge is 0.114 e. The number of likely N-dealkylation sites (N-methyl/N-ethyl adjacent to an activating group) is 2. The van der Waals surface area contributed by atoms with E-state index in [1.54, 1.807) is 0 Å². The molecule has 28 heavy (non-hydrogen) atoms. The molecule has 0 saturated carbocycles. The van der Waals surface area contributed by atoms with Crippen LogP contribution in [0, 0.1) is 5.92 Å². The molecule has 166 valence electrons. The molecule has 0 N–H and O–H groups in total. The van der Waals surface area contributed by atoms with Crippen LogP contribution < -0.4 is 0 Å². The molecule has 2 heterocycles. The zero-order valence-corrected chi connectivity index (χ0v) is 20.1. The summed E-state index contributed by atoms with van der Waals surface area (Å²) in [7, 11) is 6.58. The van der Waals surface area contributed by atoms with E-state index in [1.165, 1.54) is 13.0 Å². The zero-order valence-electron chi connectivity index (χ0n) is 20.1. The highest BCUT2D eigenvalue weighted by Gasteiger charge is 2.40. The predicted octanol–water partition coefficient (Wildman–Crippen LogP) is 3.57. The first-order valence-corrected chi connectivity index (χ1v) is 11.3. The molecule has 0 radical (unpaired) electrons. The van der Waals surface area contributed by atoms with Crippen LogP contribution in [0.4, 0.5) is 4.39 Å². The van der Waals surface area contributed by atoms with Crippen molar-refractivity contribution >= 4 is 0 Å². The molecule has 0 spiro atoms. The van der Waals surface area contributed by atoms with E-state index in [0.29, 0.717) is 25.0 Å². The van der Waals surface area contributed by atoms with Crippen LogP contribution in [0.1, 0.15) is 60.8 Å². The summed E-state index contributed by atoms with van der Waals surface area (Å²) < 4.78 is 14.1. The third kappa shape index (κ3) is 6.38. The topological polar surface area (TPSA) is 13.0 Å². The number of rotatable bonds is 8. The molecule has 0 aromatic heterocycles. The first kappa shape index (κ1) is 24.0. The molecule has 0 aromatic carbocycles. The number of hydrogen-bond acceptors (Lipinski definition) is 4. The van der Waals surface area contributed by atoms with E-state index in [9.17, 15) is 4.39 Å². The lowest BCUT2D eigenvalue weighted by Crippen LogP contribution is -2.52. The Hall–Kier alpha value is -0.230. The molecular formula is C23H47FN4. The molecule has 2 rings (SSSR count). The van der Waals surface area contributed by atoms with E-state index in [0.717, 1.165) is 32.0 Å². The van der Waals surface area contributed by atoms with Crippen LogP contribution in [-0.2, 0) is 0 Å². The van der Waals surface area contributed by atoms with Crippen molar-refractivity contribution < 1.29 is 4.39 Å². The van der Waals surface area contributed by atoms with Gasteiger partial charge in [-0.05, 0) is 87.5 Å². The first-order chi connectivity index (χ1) is 12.8. The number of halogens is 1. The van der Waals surface area contributed by atoms with Crippen molar-refractivity contribution in [2.45, 2.75) is 90.1 Å².